The molecule has 0 amide bonds. The van der Waals surface area contributed by atoms with E-state index in [1.807, 2.05) is 0 Å². The molecule has 4 nitrogen and oxygen atoms in total. The van der Waals surface area contributed by atoms with Crippen LogP contribution in [0.25, 0.3) is 0 Å². The van der Waals surface area contributed by atoms with Gasteiger partial charge in [0.15, 0.2) is 0 Å². The molecule has 0 aliphatic carbocycles. The third kappa shape index (κ3) is 22.6. The number of nitrogen functional groups attached to an aromatic ring is 1. The topological polar surface area (TPSA) is 86.7 Å². The first kappa shape index (κ1) is 23.4. The van der Waals surface area contributed by atoms with Crippen LogP contribution in [0.2, 0.25) is 0 Å². The standard InChI is InChI=1S/C6H6N.3CH4O.Ti/c7-6-4-2-1-3-5-6;3*1-2;/h2-5H,7H2;3*2H,1H3;/q-1;;;;. The summed E-state index contributed by atoms with van der Waals surface area (Å²) in [6, 6.07) is 10.0. The average Bonchev–Trinajstić information content (AvgIpc) is 2.28. The van der Waals surface area contributed by atoms with Gasteiger partial charge in [-0.25, -0.2) is 0 Å². The maximum absolute atomic E-state index is 7.00. The summed E-state index contributed by atoms with van der Waals surface area (Å²) in [5.74, 6) is 0. The summed E-state index contributed by atoms with van der Waals surface area (Å²) in [4.78, 5) is 0. The van der Waals surface area contributed by atoms with E-state index in [0.717, 1.165) is 27.0 Å². The van der Waals surface area contributed by atoms with Gasteiger partial charge in [-0.2, -0.15) is 18.2 Å². The Hall–Kier alpha value is -0.386. The predicted octanol–water partition coefficient (Wildman–Crippen LogP) is -0.108. The second-order valence-corrected chi connectivity index (χ2v) is 1.33. The first-order valence-electron chi connectivity index (χ1n) is 3.45. The van der Waals surface area contributed by atoms with Crippen molar-refractivity contribution in [1.82, 2.24) is 0 Å². The number of anilines is 1. The van der Waals surface area contributed by atoms with Gasteiger partial charge in [0.25, 0.3) is 0 Å². The molecule has 1 rings (SSSR count). The van der Waals surface area contributed by atoms with Crippen molar-refractivity contribution in [2.24, 2.45) is 0 Å². The molecule has 0 fully saturated rings. The van der Waals surface area contributed by atoms with E-state index in [-0.39, 0.29) is 21.7 Å². The maximum Gasteiger partial charge on any atom is 0.0319 e. The van der Waals surface area contributed by atoms with E-state index < -0.39 is 0 Å². The number of rotatable bonds is 0. The number of aliphatic hydroxyl groups excluding tert-OH is 3. The molecular weight excluding hydrogens is 218 g/mol. The van der Waals surface area contributed by atoms with Crippen LogP contribution in [0.3, 0.4) is 0 Å². The third-order valence-electron chi connectivity index (χ3n) is 0.744. The molecule has 0 saturated carbocycles. The minimum Gasteiger partial charge on any atom is -0.419 e. The Labute approximate surface area is 100 Å². The number of hydrogen-bond acceptors (Lipinski definition) is 4. The van der Waals surface area contributed by atoms with E-state index in [9.17, 15) is 0 Å². The van der Waals surface area contributed by atoms with Crippen LogP contribution < -0.4 is 5.73 Å². The summed E-state index contributed by atoms with van der Waals surface area (Å²) in [5.41, 5.74) is 6.13. The van der Waals surface area contributed by atoms with Crippen molar-refractivity contribution in [2.75, 3.05) is 27.1 Å². The van der Waals surface area contributed by atoms with Crippen LogP contribution in [-0.4, -0.2) is 36.6 Å². The van der Waals surface area contributed by atoms with Gasteiger partial charge in [0, 0.05) is 43.0 Å². The fraction of sp³-hybridized carbons (Fsp3) is 0.333. The second-order valence-electron chi connectivity index (χ2n) is 1.33. The molecule has 0 unspecified atom stereocenters. The van der Waals surface area contributed by atoms with E-state index in [1.165, 1.54) is 0 Å². The zero-order chi connectivity index (χ0) is 11.1. The number of benzene rings is 1. The Morgan fingerprint density at radius 1 is 0.929 bits per heavy atom. The molecule has 0 aliphatic heterocycles. The van der Waals surface area contributed by atoms with Crippen molar-refractivity contribution in [2.45, 2.75) is 0 Å². The van der Waals surface area contributed by atoms with Crippen molar-refractivity contribution < 1.29 is 37.0 Å². The van der Waals surface area contributed by atoms with Crippen molar-refractivity contribution in [1.29, 1.82) is 0 Å². The number of nitrogens with two attached hydrogens (primary N) is 1. The Balaban J connectivity index is -0.0000000625. The predicted molar refractivity (Wildman–Crippen MR) is 54.1 cm³/mol. The Kier molecular flexibility index (Phi) is 49.1. The van der Waals surface area contributed by atoms with Gasteiger partial charge in [0.1, 0.15) is 0 Å². The number of hydrogen-bond donors (Lipinski definition) is 4. The van der Waals surface area contributed by atoms with E-state index in [0.29, 0.717) is 0 Å². The minimum atomic E-state index is 0. The summed E-state index contributed by atoms with van der Waals surface area (Å²) in [7, 11) is 3.00. The second kappa shape index (κ2) is 29.3. The molecule has 0 radical (unpaired) electrons. The van der Waals surface area contributed by atoms with E-state index >= 15 is 0 Å². The molecule has 1 aromatic carbocycles. The quantitative estimate of drug-likeness (QED) is 0.287. The van der Waals surface area contributed by atoms with E-state index in [2.05, 4.69) is 6.07 Å². The van der Waals surface area contributed by atoms with Crippen LogP contribution in [0.15, 0.2) is 24.3 Å². The zero-order valence-corrected chi connectivity index (χ0v) is 10.3. The molecule has 0 saturated heterocycles. The molecular formula is C9H18NO3Ti-. The maximum atomic E-state index is 7.00. The van der Waals surface area contributed by atoms with E-state index in [1.54, 1.807) is 24.3 Å². The average molecular weight is 236 g/mol. The van der Waals surface area contributed by atoms with Gasteiger partial charge in [-0.15, -0.1) is 12.1 Å². The van der Waals surface area contributed by atoms with Crippen molar-refractivity contribution in [3.63, 3.8) is 0 Å². The van der Waals surface area contributed by atoms with E-state index in [4.69, 9.17) is 21.1 Å². The molecule has 0 spiro atoms. The molecule has 0 aliphatic rings. The van der Waals surface area contributed by atoms with Crippen LogP contribution in [-0.2, 0) is 21.7 Å². The van der Waals surface area contributed by atoms with Crippen LogP contribution in [0.4, 0.5) is 5.69 Å². The smallest absolute Gasteiger partial charge is 0.0319 e. The molecule has 82 valence electrons. The Bertz CT molecular complexity index is 150. The normalized spacial score (nSPS) is 5.57. The molecule has 14 heavy (non-hydrogen) atoms. The molecule has 0 aromatic heterocycles. The van der Waals surface area contributed by atoms with Gasteiger partial charge in [-0.3, -0.25) is 0 Å². The molecule has 1 aromatic rings. The minimum absolute atomic E-state index is 0. The van der Waals surface area contributed by atoms with Gasteiger partial charge >= 0.3 is 0 Å². The SMILES string of the molecule is CO.CO.CO.Nc1cc[c-]cc1.[Ti]. The van der Waals surface area contributed by atoms with Crippen molar-refractivity contribution in [3.05, 3.63) is 30.3 Å². The summed E-state index contributed by atoms with van der Waals surface area (Å²) in [5, 5.41) is 21.0. The summed E-state index contributed by atoms with van der Waals surface area (Å²) in [6.45, 7) is 0. The van der Waals surface area contributed by atoms with Crippen LogP contribution >= 0.6 is 0 Å². The summed E-state index contributed by atoms with van der Waals surface area (Å²) in [6.07, 6.45) is 0. The molecule has 0 bridgehead atoms. The van der Waals surface area contributed by atoms with Gasteiger partial charge in [0.05, 0.1) is 0 Å². The van der Waals surface area contributed by atoms with Crippen molar-refractivity contribution >= 4 is 5.69 Å². The largest absolute Gasteiger partial charge is 0.419 e. The Morgan fingerprint density at radius 3 is 1.36 bits per heavy atom. The van der Waals surface area contributed by atoms with Crippen LogP contribution in [0.5, 0.6) is 0 Å². The Morgan fingerprint density at radius 2 is 1.21 bits per heavy atom. The third-order valence-corrected chi connectivity index (χ3v) is 0.744. The molecule has 5 N–H and O–H groups in total. The monoisotopic (exact) mass is 236 g/mol. The fourth-order valence-electron chi connectivity index (χ4n) is 0.400. The molecule has 0 heterocycles. The zero-order valence-electron chi connectivity index (χ0n) is 8.73. The van der Waals surface area contributed by atoms with Crippen molar-refractivity contribution in [3.8, 4) is 0 Å². The molecule has 0 atom stereocenters. The molecule has 5 heteroatoms. The van der Waals surface area contributed by atoms with Crippen LogP contribution in [0, 0.1) is 6.07 Å². The van der Waals surface area contributed by atoms with Gasteiger partial charge in [-0.05, 0) is 0 Å². The first-order valence-corrected chi connectivity index (χ1v) is 3.45. The summed E-state index contributed by atoms with van der Waals surface area (Å²) >= 11 is 0. The van der Waals surface area contributed by atoms with Gasteiger partial charge in [0.2, 0.25) is 0 Å². The first-order chi connectivity index (χ1) is 6.39. The fourth-order valence-corrected chi connectivity index (χ4v) is 0.400. The number of aliphatic hydroxyl groups is 3. The van der Waals surface area contributed by atoms with Gasteiger partial charge in [-0.1, -0.05) is 5.69 Å². The van der Waals surface area contributed by atoms with Crippen LogP contribution in [0.1, 0.15) is 0 Å². The summed E-state index contributed by atoms with van der Waals surface area (Å²) < 4.78 is 0. The van der Waals surface area contributed by atoms with Gasteiger partial charge < -0.3 is 21.1 Å².